The van der Waals surface area contributed by atoms with Crippen LogP contribution in [0.2, 0.25) is 5.15 Å². The van der Waals surface area contributed by atoms with Crippen LogP contribution in [0.4, 0.5) is 5.95 Å². The van der Waals surface area contributed by atoms with Crippen LogP contribution in [-0.4, -0.2) is 35.6 Å². The van der Waals surface area contributed by atoms with E-state index in [9.17, 15) is 0 Å². The predicted molar refractivity (Wildman–Crippen MR) is 56.7 cm³/mol. The average molecular weight is 213 g/mol. The zero-order valence-electron chi connectivity index (χ0n) is 8.07. The van der Waals surface area contributed by atoms with Crippen LogP contribution in [0.5, 0.6) is 0 Å². The fourth-order valence-electron chi connectivity index (χ4n) is 1.60. The molecule has 0 aliphatic carbocycles. The van der Waals surface area contributed by atoms with Gasteiger partial charge in [-0.3, -0.25) is 0 Å². The zero-order chi connectivity index (χ0) is 9.97. The highest BCUT2D eigenvalue weighted by molar-refractivity contribution is 6.29. The van der Waals surface area contributed by atoms with Crippen LogP contribution in [-0.2, 0) is 0 Å². The van der Waals surface area contributed by atoms with E-state index in [4.69, 9.17) is 11.6 Å². The molecule has 76 valence electrons. The highest BCUT2D eigenvalue weighted by Gasteiger charge is 2.20. The van der Waals surface area contributed by atoms with Gasteiger partial charge in [-0.15, -0.1) is 0 Å². The molecule has 1 N–H and O–H groups in total. The minimum atomic E-state index is 0.419. The lowest BCUT2D eigenvalue weighted by Crippen LogP contribution is -2.50. The Morgan fingerprint density at radius 1 is 1.64 bits per heavy atom. The third kappa shape index (κ3) is 1.96. The lowest BCUT2D eigenvalue weighted by molar-refractivity contribution is 0.493. The summed E-state index contributed by atoms with van der Waals surface area (Å²) in [6.45, 7) is 5.02. The van der Waals surface area contributed by atoms with Crippen molar-refractivity contribution < 1.29 is 0 Å². The normalized spacial score (nSPS) is 22.4. The molecule has 0 aromatic carbocycles. The minimum absolute atomic E-state index is 0.419. The molecular weight excluding hydrogens is 200 g/mol. The van der Waals surface area contributed by atoms with Crippen molar-refractivity contribution >= 4 is 17.5 Å². The molecule has 5 heteroatoms. The third-order valence-electron chi connectivity index (χ3n) is 2.37. The summed E-state index contributed by atoms with van der Waals surface area (Å²) < 4.78 is 0. The molecule has 0 amide bonds. The number of anilines is 1. The molecule has 1 atom stereocenters. The van der Waals surface area contributed by atoms with Gasteiger partial charge in [0.05, 0.1) is 0 Å². The van der Waals surface area contributed by atoms with Gasteiger partial charge in [-0.1, -0.05) is 11.6 Å². The standard InChI is InChI=1S/C9H13ClN4/c1-7-6-11-4-5-14(7)9-12-3-2-8(10)13-9/h2-3,7,11H,4-6H2,1H3/t7-/m1/s1. The first kappa shape index (κ1) is 9.68. The Bertz CT molecular complexity index is 317. The summed E-state index contributed by atoms with van der Waals surface area (Å²) in [5.74, 6) is 0.728. The highest BCUT2D eigenvalue weighted by Crippen LogP contribution is 2.14. The molecule has 2 rings (SSSR count). The van der Waals surface area contributed by atoms with Crippen molar-refractivity contribution in [3.8, 4) is 0 Å². The van der Waals surface area contributed by atoms with Gasteiger partial charge in [-0.05, 0) is 13.0 Å². The van der Waals surface area contributed by atoms with Crippen LogP contribution in [0.25, 0.3) is 0 Å². The van der Waals surface area contributed by atoms with Gasteiger partial charge in [0, 0.05) is 31.9 Å². The summed E-state index contributed by atoms with van der Waals surface area (Å²) in [7, 11) is 0. The highest BCUT2D eigenvalue weighted by atomic mass is 35.5. The molecule has 0 radical (unpaired) electrons. The van der Waals surface area contributed by atoms with Crippen LogP contribution in [0.15, 0.2) is 12.3 Å². The number of nitrogens with zero attached hydrogens (tertiary/aromatic N) is 3. The lowest BCUT2D eigenvalue weighted by Gasteiger charge is -2.33. The summed E-state index contributed by atoms with van der Waals surface area (Å²) in [6, 6.07) is 2.11. The van der Waals surface area contributed by atoms with Gasteiger partial charge in [0.1, 0.15) is 5.15 Å². The van der Waals surface area contributed by atoms with Crippen LogP contribution in [0.1, 0.15) is 6.92 Å². The maximum absolute atomic E-state index is 5.82. The third-order valence-corrected chi connectivity index (χ3v) is 2.58. The molecule has 1 aliphatic heterocycles. The second-order valence-electron chi connectivity index (χ2n) is 3.43. The second-order valence-corrected chi connectivity index (χ2v) is 3.81. The van der Waals surface area contributed by atoms with Crippen molar-refractivity contribution in [1.29, 1.82) is 0 Å². The lowest BCUT2D eigenvalue weighted by atomic mass is 10.2. The van der Waals surface area contributed by atoms with Crippen LogP contribution in [0, 0.1) is 0 Å². The largest absolute Gasteiger partial charge is 0.336 e. The van der Waals surface area contributed by atoms with E-state index in [1.54, 1.807) is 12.3 Å². The smallest absolute Gasteiger partial charge is 0.227 e. The molecule has 1 fully saturated rings. The maximum Gasteiger partial charge on any atom is 0.227 e. The molecule has 0 spiro atoms. The van der Waals surface area contributed by atoms with Crippen molar-refractivity contribution in [2.24, 2.45) is 0 Å². The number of hydrogen-bond acceptors (Lipinski definition) is 4. The summed E-state index contributed by atoms with van der Waals surface area (Å²) in [5, 5.41) is 3.82. The Balaban J connectivity index is 2.20. The maximum atomic E-state index is 5.82. The molecule has 14 heavy (non-hydrogen) atoms. The summed E-state index contributed by atoms with van der Waals surface area (Å²) >= 11 is 5.82. The Labute approximate surface area is 88.3 Å². The molecule has 1 aromatic rings. The van der Waals surface area contributed by atoms with Crippen molar-refractivity contribution in [2.75, 3.05) is 24.5 Å². The Morgan fingerprint density at radius 2 is 2.50 bits per heavy atom. The van der Waals surface area contributed by atoms with Crippen LogP contribution in [0.3, 0.4) is 0 Å². The molecule has 0 unspecified atom stereocenters. The zero-order valence-corrected chi connectivity index (χ0v) is 8.83. The predicted octanol–water partition coefficient (Wildman–Crippen LogP) is 0.928. The minimum Gasteiger partial charge on any atom is -0.336 e. The van der Waals surface area contributed by atoms with E-state index >= 15 is 0 Å². The summed E-state index contributed by atoms with van der Waals surface area (Å²) in [4.78, 5) is 10.6. The van der Waals surface area contributed by atoms with Crippen molar-refractivity contribution in [3.05, 3.63) is 17.4 Å². The number of hydrogen-bond donors (Lipinski definition) is 1. The fraction of sp³-hybridized carbons (Fsp3) is 0.556. The van der Waals surface area contributed by atoms with E-state index in [-0.39, 0.29) is 0 Å². The monoisotopic (exact) mass is 212 g/mol. The quantitative estimate of drug-likeness (QED) is 0.704. The van der Waals surface area contributed by atoms with Gasteiger partial charge >= 0.3 is 0 Å². The molecule has 1 saturated heterocycles. The fourth-order valence-corrected chi connectivity index (χ4v) is 1.74. The second kappa shape index (κ2) is 4.11. The van der Waals surface area contributed by atoms with E-state index in [0.29, 0.717) is 11.2 Å². The van der Waals surface area contributed by atoms with Crippen molar-refractivity contribution in [2.45, 2.75) is 13.0 Å². The molecule has 0 bridgehead atoms. The molecule has 1 aromatic heterocycles. The van der Waals surface area contributed by atoms with Gasteiger partial charge in [0.2, 0.25) is 5.95 Å². The van der Waals surface area contributed by atoms with E-state index in [1.807, 2.05) is 0 Å². The topological polar surface area (TPSA) is 41.0 Å². The van der Waals surface area contributed by atoms with Gasteiger partial charge in [-0.2, -0.15) is 0 Å². The Kier molecular flexibility index (Phi) is 2.84. The van der Waals surface area contributed by atoms with Gasteiger partial charge in [-0.25, -0.2) is 9.97 Å². The van der Waals surface area contributed by atoms with Crippen molar-refractivity contribution in [3.63, 3.8) is 0 Å². The van der Waals surface area contributed by atoms with E-state index in [1.165, 1.54) is 0 Å². The SMILES string of the molecule is C[C@@H]1CNCCN1c1nccc(Cl)n1. The first-order chi connectivity index (χ1) is 6.77. The van der Waals surface area contributed by atoms with E-state index in [0.717, 1.165) is 25.6 Å². The average Bonchev–Trinajstić information content (AvgIpc) is 2.18. The first-order valence-corrected chi connectivity index (χ1v) is 5.11. The summed E-state index contributed by atoms with van der Waals surface area (Å²) in [5.41, 5.74) is 0. The number of piperazine rings is 1. The van der Waals surface area contributed by atoms with E-state index in [2.05, 4.69) is 27.1 Å². The number of rotatable bonds is 1. The number of aromatic nitrogens is 2. The molecule has 2 heterocycles. The Hall–Kier alpha value is -0.870. The Morgan fingerprint density at radius 3 is 3.21 bits per heavy atom. The number of nitrogens with one attached hydrogen (secondary N) is 1. The molecule has 4 nitrogen and oxygen atoms in total. The van der Waals surface area contributed by atoms with Crippen LogP contribution >= 0.6 is 11.6 Å². The van der Waals surface area contributed by atoms with Crippen molar-refractivity contribution in [1.82, 2.24) is 15.3 Å². The van der Waals surface area contributed by atoms with E-state index < -0.39 is 0 Å². The molecular formula is C9H13ClN4. The number of halogens is 1. The summed E-state index contributed by atoms with van der Waals surface area (Å²) in [6.07, 6.45) is 1.69. The van der Waals surface area contributed by atoms with Gasteiger partial charge in [0.15, 0.2) is 0 Å². The van der Waals surface area contributed by atoms with Gasteiger partial charge in [0.25, 0.3) is 0 Å². The van der Waals surface area contributed by atoms with Crippen LogP contribution < -0.4 is 10.2 Å². The molecule has 1 aliphatic rings. The van der Waals surface area contributed by atoms with Gasteiger partial charge < -0.3 is 10.2 Å². The first-order valence-electron chi connectivity index (χ1n) is 4.73. The molecule has 0 saturated carbocycles.